The molecular formula is C25H36N2O4. The second kappa shape index (κ2) is 8.03. The smallest absolute Gasteiger partial charge is 0.410 e. The molecule has 1 aromatic rings. The van der Waals surface area contributed by atoms with Gasteiger partial charge in [-0.3, -0.25) is 4.79 Å². The first-order valence-corrected chi connectivity index (χ1v) is 11.6. The number of hydrogen-bond donors (Lipinski definition) is 1. The molecule has 6 nitrogen and oxygen atoms in total. The average Bonchev–Trinajstić information content (AvgIpc) is 3.06. The summed E-state index contributed by atoms with van der Waals surface area (Å²) in [6, 6.07) is 5.91. The molecule has 2 aliphatic heterocycles. The Labute approximate surface area is 185 Å². The zero-order valence-corrected chi connectivity index (χ0v) is 19.5. The normalized spacial score (nSPS) is 25.8. The first-order valence-electron chi connectivity index (χ1n) is 11.6. The Morgan fingerprint density at radius 3 is 2.55 bits per heavy atom. The minimum absolute atomic E-state index is 0.0524. The summed E-state index contributed by atoms with van der Waals surface area (Å²) in [6.45, 7) is 12.0. The van der Waals surface area contributed by atoms with Crippen LogP contribution in [0.15, 0.2) is 18.2 Å². The van der Waals surface area contributed by atoms with Gasteiger partial charge in [0.15, 0.2) is 0 Å². The first kappa shape index (κ1) is 22.0. The van der Waals surface area contributed by atoms with E-state index in [0.717, 1.165) is 37.0 Å². The van der Waals surface area contributed by atoms with E-state index in [1.54, 1.807) is 4.90 Å². The van der Waals surface area contributed by atoms with Crippen LogP contribution in [0.4, 0.5) is 4.79 Å². The Morgan fingerprint density at radius 1 is 1.16 bits per heavy atom. The van der Waals surface area contributed by atoms with E-state index in [1.165, 1.54) is 0 Å². The van der Waals surface area contributed by atoms with E-state index >= 15 is 0 Å². The van der Waals surface area contributed by atoms with Gasteiger partial charge in [0.05, 0.1) is 6.10 Å². The van der Waals surface area contributed by atoms with Crippen LogP contribution in [0.3, 0.4) is 0 Å². The lowest BCUT2D eigenvalue weighted by Crippen LogP contribution is -2.36. The summed E-state index contributed by atoms with van der Waals surface area (Å²) in [5.74, 6) is 1.01. The van der Waals surface area contributed by atoms with Crippen LogP contribution in [0.25, 0.3) is 0 Å². The molecule has 0 radical (unpaired) electrons. The van der Waals surface area contributed by atoms with Crippen LogP contribution >= 0.6 is 0 Å². The molecule has 2 unspecified atom stereocenters. The van der Waals surface area contributed by atoms with Crippen LogP contribution in [0, 0.1) is 11.3 Å². The highest BCUT2D eigenvalue weighted by Crippen LogP contribution is 2.39. The van der Waals surface area contributed by atoms with Crippen molar-refractivity contribution in [3.8, 4) is 5.75 Å². The van der Waals surface area contributed by atoms with Crippen LogP contribution < -0.4 is 10.1 Å². The predicted molar refractivity (Wildman–Crippen MR) is 119 cm³/mol. The summed E-state index contributed by atoms with van der Waals surface area (Å²) in [7, 11) is 0. The van der Waals surface area contributed by atoms with Gasteiger partial charge in [0, 0.05) is 37.0 Å². The van der Waals surface area contributed by atoms with E-state index in [-0.39, 0.29) is 29.9 Å². The monoisotopic (exact) mass is 428 g/mol. The van der Waals surface area contributed by atoms with Crippen molar-refractivity contribution in [1.82, 2.24) is 10.2 Å². The molecule has 1 aliphatic carbocycles. The highest BCUT2D eigenvalue weighted by atomic mass is 16.6. The van der Waals surface area contributed by atoms with Crippen molar-refractivity contribution in [3.63, 3.8) is 0 Å². The number of amides is 2. The topological polar surface area (TPSA) is 67.9 Å². The molecule has 31 heavy (non-hydrogen) atoms. The van der Waals surface area contributed by atoms with E-state index in [2.05, 4.69) is 19.2 Å². The number of benzene rings is 1. The molecular weight excluding hydrogens is 392 g/mol. The van der Waals surface area contributed by atoms with E-state index in [4.69, 9.17) is 9.47 Å². The van der Waals surface area contributed by atoms with Crippen LogP contribution in [0.1, 0.15) is 82.1 Å². The second-order valence-electron chi connectivity index (χ2n) is 11.2. The summed E-state index contributed by atoms with van der Waals surface area (Å²) >= 11 is 0. The Morgan fingerprint density at radius 2 is 1.87 bits per heavy atom. The maximum Gasteiger partial charge on any atom is 0.410 e. The third-order valence-electron chi connectivity index (χ3n) is 6.88. The molecule has 6 heteroatoms. The quantitative estimate of drug-likeness (QED) is 0.740. The van der Waals surface area contributed by atoms with Crippen molar-refractivity contribution in [1.29, 1.82) is 0 Å². The molecule has 3 aliphatic rings. The minimum atomic E-state index is -0.519. The van der Waals surface area contributed by atoms with Crippen molar-refractivity contribution in [2.24, 2.45) is 11.3 Å². The number of carbonyl (C=O) groups is 2. The number of ether oxygens (including phenoxy) is 2. The minimum Gasteiger partial charge on any atom is -0.490 e. The van der Waals surface area contributed by atoms with Gasteiger partial charge >= 0.3 is 6.09 Å². The van der Waals surface area contributed by atoms with Crippen LogP contribution in [-0.4, -0.2) is 48.2 Å². The summed E-state index contributed by atoms with van der Waals surface area (Å²) in [6.07, 6.45) is 4.34. The fourth-order valence-corrected chi connectivity index (χ4v) is 5.04. The van der Waals surface area contributed by atoms with E-state index in [9.17, 15) is 9.59 Å². The number of likely N-dealkylation sites (tertiary alicyclic amines) is 1. The lowest BCUT2D eigenvalue weighted by molar-refractivity contribution is 0.0287. The number of fused-ring (bicyclic) bond motifs is 3. The number of hydrogen-bond acceptors (Lipinski definition) is 4. The van der Waals surface area contributed by atoms with Gasteiger partial charge in [-0.15, -0.1) is 0 Å². The molecule has 2 fully saturated rings. The van der Waals surface area contributed by atoms with Gasteiger partial charge in [0.1, 0.15) is 11.4 Å². The highest BCUT2D eigenvalue weighted by molar-refractivity contribution is 5.97. The summed E-state index contributed by atoms with van der Waals surface area (Å²) < 4.78 is 11.8. The van der Waals surface area contributed by atoms with E-state index < -0.39 is 5.60 Å². The van der Waals surface area contributed by atoms with Crippen molar-refractivity contribution in [3.05, 3.63) is 29.3 Å². The average molecular weight is 429 g/mol. The van der Waals surface area contributed by atoms with Crippen molar-refractivity contribution >= 4 is 12.0 Å². The van der Waals surface area contributed by atoms with Gasteiger partial charge in [-0.05, 0) is 69.6 Å². The Kier molecular flexibility index (Phi) is 5.69. The van der Waals surface area contributed by atoms with Gasteiger partial charge in [-0.25, -0.2) is 4.79 Å². The van der Waals surface area contributed by atoms with Crippen LogP contribution in [0.2, 0.25) is 0 Å². The van der Waals surface area contributed by atoms with Crippen molar-refractivity contribution in [2.45, 2.75) is 77.9 Å². The fraction of sp³-hybridized carbons (Fsp3) is 0.680. The molecule has 1 saturated carbocycles. The summed E-state index contributed by atoms with van der Waals surface area (Å²) in [4.78, 5) is 27.2. The number of carbonyl (C=O) groups excluding carboxylic acids is 2. The molecule has 2 heterocycles. The van der Waals surface area contributed by atoms with Gasteiger partial charge in [0.25, 0.3) is 5.91 Å². The zero-order valence-electron chi connectivity index (χ0n) is 19.5. The van der Waals surface area contributed by atoms with Crippen LogP contribution in [0.5, 0.6) is 5.75 Å². The van der Waals surface area contributed by atoms with Gasteiger partial charge in [-0.1, -0.05) is 19.9 Å². The summed E-state index contributed by atoms with van der Waals surface area (Å²) in [5.41, 5.74) is 1.55. The lowest BCUT2D eigenvalue weighted by atomic mass is 9.76. The molecule has 2 amide bonds. The van der Waals surface area contributed by atoms with E-state index in [1.807, 2.05) is 39.0 Å². The zero-order chi connectivity index (χ0) is 22.4. The van der Waals surface area contributed by atoms with Crippen LogP contribution in [-0.2, 0) is 4.74 Å². The van der Waals surface area contributed by atoms with E-state index in [0.29, 0.717) is 30.6 Å². The second-order valence-corrected chi connectivity index (χ2v) is 11.2. The SMILES string of the molecule is CC1(C)CCC(Oc2ccc3c(c2)C(=O)NCC2CN(C(=O)OC(C)(C)C)CC32)CC1. The maximum absolute atomic E-state index is 12.8. The van der Waals surface area contributed by atoms with Gasteiger partial charge in [-0.2, -0.15) is 0 Å². The van der Waals surface area contributed by atoms with Crippen molar-refractivity contribution < 1.29 is 19.1 Å². The molecule has 170 valence electrons. The Hall–Kier alpha value is -2.24. The molecule has 1 saturated heterocycles. The molecule has 0 bridgehead atoms. The predicted octanol–water partition coefficient (Wildman–Crippen LogP) is 4.73. The fourth-order valence-electron chi connectivity index (χ4n) is 5.04. The molecule has 1 N–H and O–H groups in total. The molecule has 2 atom stereocenters. The standard InChI is InChI=1S/C25H36N2O4/c1-24(2,3)31-23(29)27-14-16-13-26-22(28)20-12-18(6-7-19(20)21(16)15-27)30-17-8-10-25(4,5)11-9-17/h6-7,12,16-17,21H,8-11,13-15H2,1-5H3,(H,26,28). The third kappa shape index (κ3) is 4.99. The maximum atomic E-state index is 12.8. The Bertz CT molecular complexity index is 848. The Balaban J connectivity index is 1.50. The number of nitrogens with zero attached hydrogens (tertiary/aromatic N) is 1. The number of nitrogens with one attached hydrogen (secondary N) is 1. The molecule has 0 aromatic heterocycles. The molecule has 1 aromatic carbocycles. The number of rotatable bonds is 2. The van der Waals surface area contributed by atoms with Gasteiger partial charge in [0.2, 0.25) is 0 Å². The molecule has 0 spiro atoms. The van der Waals surface area contributed by atoms with Crippen molar-refractivity contribution in [2.75, 3.05) is 19.6 Å². The first-order chi connectivity index (χ1) is 14.5. The lowest BCUT2D eigenvalue weighted by Gasteiger charge is -2.34. The largest absolute Gasteiger partial charge is 0.490 e. The summed E-state index contributed by atoms with van der Waals surface area (Å²) in [5, 5.41) is 3.05. The highest BCUT2D eigenvalue weighted by Gasteiger charge is 2.41. The van der Waals surface area contributed by atoms with Gasteiger partial charge < -0.3 is 19.7 Å². The molecule has 4 rings (SSSR count). The third-order valence-corrected chi connectivity index (χ3v) is 6.88.